The fourth-order valence-corrected chi connectivity index (χ4v) is 4.64. The van der Waals surface area contributed by atoms with E-state index in [1.54, 1.807) is 54.1 Å². The lowest BCUT2D eigenvalue weighted by Gasteiger charge is -2.10. The lowest BCUT2D eigenvalue weighted by Crippen LogP contribution is -2.27. The molecule has 0 aliphatic carbocycles. The SMILES string of the molecule is Cc1noc(-c2cc3cc(F)ccc3n2CC(=O)NCc2ccc(-c3ccc(S(C)(=N)=O)cc3)cn2)n1. The Labute approximate surface area is 212 Å². The Morgan fingerprint density at radius 3 is 2.51 bits per heavy atom. The third kappa shape index (κ3) is 5.26. The molecule has 37 heavy (non-hydrogen) atoms. The Balaban J connectivity index is 1.29. The van der Waals surface area contributed by atoms with Gasteiger partial charge in [0.15, 0.2) is 5.82 Å². The molecule has 0 aliphatic heterocycles. The number of fused-ring (bicyclic) bond motifs is 1. The molecule has 11 heteroatoms. The van der Waals surface area contributed by atoms with E-state index in [9.17, 15) is 13.4 Å². The molecule has 1 amide bonds. The summed E-state index contributed by atoms with van der Waals surface area (Å²) in [5, 5.41) is 7.30. The van der Waals surface area contributed by atoms with Crippen molar-refractivity contribution in [2.45, 2.75) is 24.9 Å². The van der Waals surface area contributed by atoms with Crippen LogP contribution in [-0.2, 0) is 27.6 Å². The number of carbonyl (C=O) groups is 1. The molecule has 1 unspecified atom stereocenters. The highest BCUT2D eigenvalue weighted by atomic mass is 32.2. The first-order valence-electron chi connectivity index (χ1n) is 11.3. The van der Waals surface area contributed by atoms with Gasteiger partial charge in [0.25, 0.3) is 5.89 Å². The second-order valence-corrected chi connectivity index (χ2v) is 10.8. The Hall–Kier alpha value is -4.38. The van der Waals surface area contributed by atoms with Crippen molar-refractivity contribution in [2.75, 3.05) is 6.26 Å². The van der Waals surface area contributed by atoms with Gasteiger partial charge in [-0.15, -0.1) is 0 Å². The highest BCUT2D eigenvalue weighted by Crippen LogP contribution is 2.28. The molecule has 5 aromatic rings. The Bertz CT molecular complexity index is 1710. The lowest BCUT2D eigenvalue weighted by atomic mass is 10.1. The van der Waals surface area contributed by atoms with Gasteiger partial charge in [-0.25, -0.2) is 13.4 Å². The molecule has 1 atom stereocenters. The van der Waals surface area contributed by atoms with Gasteiger partial charge < -0.3 is 14.4 Å². The standard InChI is InChI=1S/C26H23FN6O3S/c1-16-31-26(36-32-16)24-12-19-11-20(27)6-10-23(19)33(24)15-25(34)30-14-21-7-3-18(13-29-21)17-4-8-22(9-5-17)37(2,28)35/h3-13,28H,14-15H2,1-2H3,(H,30,34). The molecular weight excluding hydrogens is 495 g/mol. The average molecular weight is 519 g/mol. The highest BCUT2D eigenvalue weighted by molar-refractivity contribution is 7.91. The van der Waals surface area contributed by atoms with Gasteiger partial charge in [0.1, 0.15) is 18.1 Å². The summed E-state index contributed by atoms with van der Waals surface area (Å²) in [4.78, 5) is 22.0. The maximum absolute atomic E-state index is 13.8. The van der Waals surface area contributed by atoms with Crippen molar-refractivity contribution in [3.8, 4) is 22.7 Å². The van der Waals surface area contributed by atoms with E-state index in [4.69, 9.17) is 9.30 Å². The van der Waals surface area contributed by atoms with Gasteiger partial charge in [0.05, 0.1) is 22.0 Å². The summed E-state index contributed by atoms with van der Waals surface area (Å²) in [6, 6.07) is 16.7. The second kappa shape index (κ2) is 9.58. The van der Waals surface area contributed by atoms with Gasteiger partial charge >= 0.3 is 0 Å². The predicted molar refractivity (Wildman–Crippen MR) is 136 cm³/mol. The third-order valence-corrected chi connectivity index (χ3v) is 7.01. The minimum atomic E-state index is -2.76. The van der Waals surface area contributed by atoms with Crippen LogP contribution in [0.3, 0.4) is 0 Å². The summed E-state index contributed by atoms with van der Waals surface area (Å²) in [6.45, 7) is 1.88. The molecule has 0 bridgehead atoms. The molecule has 0 spiro atoms. The Morgan fingerprint density at radius 1 is 1.11 bits per heavy atom. The van der Waals surface area contributed by atoms with E-state index < -0.39 is 9.73 Å². The molecule has 0 radical (unpaired) electrons. The van der Waals surface area contributed by atoms with Crippen LogP contribution >= 0.6 is 0 Å². The monoisotopic (exact) mass is 518 g/mol. The molecule has 188 valence electrons. The Morgan fingerprint density at radius 2 is 1.86 bits per heavy atom. The molecule has 2 N–H and O–H groups in total. The quantitative estimate of drug-likeness (QED) is 0.325. The van der Waals surface area contributed by atoms with Crippen molar-refractivity contribution in [1.29, 1.82) is 4.78 Å². The highest BCUT2D eigenvalue weighted by Gasteiger charge is 2.18. The normalized spacial score (nSPS) is 12.9. The van der Waals surface area contributed by atoms with Crippen LogP contribution < -0.4 is 5.32 Å². The van der Waals surface area contributed by atoms with Gasteiger partial charge in [-0.2, -0.15) is 4.98 Å². The fourth-order valence-electron chi connectivity index (χ4n) is 3.99. The largest absolute Gasteiger partial charge is 0.349 e. The second-order valence-electron chi connectivity index (χ2n) is 8.65. The minimum absolute atomic E-state index is 0.0348. The number of amides is 1. The molecular formula is C26H23FN6O3S. The summed E-state index contributed by atoms with van der Waals surface area (Å²) in [5.74, 6) is 0.0547. The number of rotatable bonds is 7. The van der Waals surface area contributed by atoms with E-state index in [0.717, 1.165) is 11.1 Å². The van der Waals surface area contributed by atoms with Crippen molar-refractivity contribution in [3.63, 3.8) is 0 Å². The van der Waals surface area contributed by atoms with Crippen molar-refractivity contribution in [3.05, 3.63) is 84.2 Å². The van der Waals surface area contributed by atoms with Gasteiger partial charge in [0, 0.05) is 33.8 Å². The number of halogens is 1. The number of aryl methyl sites for hydroxylation is 1. The number of pyridine rings is 1. The molecule has 0 saturated carbocycles. The third-order valence-electron chi connectivity index (χ3n) is 5.84. The van der Waals surface area contributed by atoms with Crippen molar-refractivity contribution in [1.82, 2.24) is 25.0 Å². The maximum Gasteiger partial charge on any atom is 0.274 e. The van der Waals surface area contributed by atoms with Crippen molar-refractivity contribution < 1.29 is 17.9 Å². The van der Waals surface area contributed by atoms with Gasteiger partial charge in [-0.05, 0) is 55.0 Å². The summed E-state index contributed by atoms with van der Waals surface area (Å²) in [7, 11) is -2.76. The zero-order chi connectivity index (χ0) is 26.2. The van der Waals surface area contributed by atoms with Crippen LogP contribution in [0.2, 0.25) is 0 Å². The van der Waals surface area contributed by atoms with Crippen LogP contribution in [0.15, 0.2) is 76.3 Å². The number of nitrogens with one attached hydrogen (secondary N) is 2. The topological polar surface area (TPSA) is 127 Å². The number of aromatic nitrogens is 4. The van der Waals surface area contributed by atoms with Crippen LogP contribution in [0.25, 0.3) is 33.6 Å². The molecule has 0 fully saturated rings. The molecule has 5 rings (SSSR count). The van der Waals surface area contributed by atoms with E-state index >= 15 is 0 Å². The van der Waals surface area contributed by atoms with E-state index in [2.05, 4.69) is 20.4 Å². The summed E-state index contributed by atoms with van der Waals surface area (Å²) in [5.41, 5.74) is 3.60. The molecule has 0 saturated heterocycles. The van der Waals surface area contributed by atoms with Gasteiger partial charge in [0.2, 0.25) is 5.91 Å². The molecule has 2 aromatic carbocycles. The first kappa shape index (κ1) is 24.3. The zero-order valence-corrected chi connectivity index (χ0v) is 20.9. The van der Waals surface area contributed by atoms with Crippen molar-refractivity contribution in [2.24, 2.45) is 0 Å². The van der Waals surface area contributed by atoms with Crippen LogP contribution in [-0.4, -0.2) is 36.1 Å². The summed E-state index contributed by atoms with van der Waals surface area (Å²) >= 11 is 0. The van der Waals surface area contributed by atoms with Crippen LogP contribution in [0.1, 0.15) is 11.5 Å². The Kier molecular flexibility index (Phi) is 6.30. The lowest BCUT2D eigenvalue weighted by molar-refractivity contribution is -0.121. The van der Waals surface area contributed by atoms with E-state index in [1.807, 2.05) is 12.1 Å². The van der Waals surface area contributed by atoms with Crippen LogP contribution in [0.4, 0.5) is 4.39 Å². The average Bonchev–Trinajstić information content (AvgIpc) is 3.45. The van der Waals surface area contributed by atoms with E-state index in [1.165, 1.54) is 18.4 Å². The first-order valence-corrected chi connectivity index (χ1v) is 13.3. The number of carbonyl (C=O) groups excluding carboxylic acids is 1. The van der Waals surface area contributed by atoms with Gasteiger partial charge in [-0.3, -0.25) is 9.78 Å². The van der Waals surface area contributed by atoms with Crippen molar-refractivity contribution >= 4 is 26.5 Å². The molecule has 9 nitrogen and oxygen atoms in total. The summed E-state index contributed by atoms with van der Waals surface area (Å²) < 4.78 is 40.3. The van der Waals surface area contributed by atoms with Gasteiger partial charge in [-0.1, -0.05) is 23.4 Å². The number of hydrogen-bond donors (Lipinski definition) is 2. The molecule has 3 aromatic heterocycles. The maximum atomic E-state index is 13.8. The predicted octanol–water partition coefficient (Wildman–Crippen LogP) is 4.55. The number of benzene rings is 2. The molecule has 3 heterocycles. The number of hydrogen-bond acceptors (Lipinski definition) is 7. The smallest absolute Gasteiger partial charge is 0.274 e. The fraction of sp³-hybridized carbons (Fsp3) is 0.154. The molecule has 0 aliphatic rings. The first-order chi connectivity index (χ1) is 17.7. The van der Waals surface area contributed by atoms with E-state index in [0.29, 0.717) is 33.0 Å². The zero-order valence-electron chi connectivity index (χ0n) is 20.1. The number of nitrogens with zero attached hydrogens (tertiary/aromatic N) is 4. The van der Waals surface area contributed by atoms with Crippen LogP contribution in [0.5, 0.6) is 0 Å². The van der Waals surface area contributed by atoms with Crippen LogP contribution in [0, 0.1) is 17.5 Å². The summed E-state index contributed by atoms with van der Waals surface area (Å²) in [6.07, 6.45) is 3.09. The minimum Gasteiger partial charge on any atom is -0.349 e. The van der Waals surface area contributed by atoms with E-state index in [-0.39, 0.29) is 30.7 Å².